The third-order valence-corrected chi connectivity index (χ3v) is 5.01. The fourth-order valence-electron chi connectivity index (χ4n) is 3.73. The molecule has 3 heterocycles. The molecule has 24 heavy (non-hydrogen) atoms. The molecule has 3 amide bonds. The van der Waals surface area contributed by atoms with Crippen LogP contribution in [0.1, 0.15) is 22.3 Å². The number of carbonyl (C=O) groups is 3. The zero-order valence-corrected chi connectivity index (χ0v) is 13.4. The standard InChI is InChI=1S/C17H20N4O3/c22-14-9-19-16(23)13-10-20(7-8-21(13)14)17(24)12-5-1-3-11-4-2-6-18-15(11)12/h1,3,5,13,18H,2,4,6-10H2,(H,19,23)/t13-/m1/s1. The summed E-state index contributed by atoms with van der Waals surface area (Å²) in [4.78, 5) is 40.2. The number of hydrogen-bond acceptors (Lipinski definition) is 4. The molecule has 1 aromatic rings. The Morgan fingerprint density at radius 2 is 2.04 bits per heavy atom. The highest BCUT2D eigenvalue weighted by Crippen LogP contribution is 2.28. The van der Waals surface area contributed by atoms with Gasteiger partial charge in [0.1, 0.15) is 6.04 Å². The van der Waals surface area contributed by atoms with Crippen LogP contribution in [0, 0.1) is 0 Å². The maximum absolute atomic E-state index is 13.0. The molecule has 7 heteroatoms. The van der Waals surface area contributed by atoms with Crippen LogP contribution < -0.4 is 10.6 Å². The van der Waals surface area contributed by atoms with Crippen molar-refractivity contribution in [2.75, 3.05) is 38.0 Å². The molecule has 3 aliphatic heterocycles. The van der Waals surface area contributed by atoms with Gasteiger partial charge >= 0.3 is 0 Å². The minimum atomic E-state index is -0.573. The molecule has 4 rings (SSSR count). The lowest BCUT2D eigenvalue weighted by molar-refractivity contribution is -0.148. The number of benzene rings is 1. The number of carbonyl (C=O) groups excluding carboxylic acids is 3. The van der Waals surface area contributed by atoms with Crippen molar-refractivity contribution in [3.05, 3.63) is 29.3 Å². The van der Waals surface area contributed by atoms with Crippen molar-refractivity contribution in [1.82, 2.24) is 15.1 Å². The lowest BCUT2D eigenvalue weighted by Crippen LogP contribution is -2.66. The summed E-state index contributed by atoms with van der Waals surface area (Å²) >= 11 is 0. The first-order valence-corrected chi connectivity index (χ1v) is 8.37. The van der Waals surface area contributed by atoms with Gasteiger partial charge in [0.2, 0.25) is 11.8 Å². The molecule has 1 atom stereocenters. The molecule has 0 bridgehead atoms. The molecule has 1 aromatic carbocycles. The second-order valence-electron chi connectivity index (χ2n) is 6.44. The van der Waals surface area contributed by atoms with E-state index in [1.165, 1.54) is 0 Å². The Hall–Kier alpha value is -2.57. The minimum absolute atomic E-state index is 0.0550. The number of piperazine rings is 2. The van der Waals surface area contributed by atoms with Gasteiger partial charge in [-0.2, -0.15) is 0 Å². The first kappa shape index (κ1) is 15.0. The SMILES string of the molecule is O=C1NCC(=O)N2CCN(C(=O)c3cccc4c3NCCC4)C[C@H]12. The molecule has 2 N–H and O–H groups in total. The van der Waals surface area contributed by atoms with E-state index >= 15 is 0 Å². The van der Waals surface area contributed by atoms with Crippen LogP contribution in [0.4, 0.5) is 5.69 Å². The van der Waals surface area contributed by atoms with E-state index in [1.54, 1.807) is 9.80 Å². The molecule has 0 aromatic heterocycles. The maximum atomic E-state index is 13.0. The van der Waals surface area contributed by atoms with E-state index in [0.29, 0.717) is 18.7 Å². The summed E-state index contributed by atoms with van der Waals surface area (Å²) in [6, 6.07) is 5.21. The Balaban J connectivity index is 1.58. The van der Waals surface area contributed by atoms with Crippen molar-refractivity contribution >= 4 is 23.4 Å². The van der Waals surface area contributed by atoms with Crippen LogP contribution in [-0.2, 0) is 16.0 Å². The van der Waals surface area contributed by atoms with Crippen LogP contribution in [0.25, 0.3) is 0 Å². The second-order valence-corrected chi connectivity index (χ2v) is 6.44. The van der Waals surface area contributed by atoms with E-state index in [-0.39, 0.29) is 30.8 Å². The predicted octanol–water partition coefficient (Wildman–Crippen LogP) is -0.172. The number of fused-ring (bicyclic) bond motifs is 2. The Morgan fingerprint density at radius 3 is 2.92 bits per heavy atom. The van der Waals surface area contributed by atoms with E-state index in [2.05, 4.69) is 10.6 Å². The molecule has 0 aliphatic carbocycles. The van der Waals surface area contributed by atoms with Gasteiger partial charge in [-0.05, 0) is 24.5 Å². The topological polar surface area (TPSA) is 81.8 Å². The third kappa shape index (κ3) is 2.40. The van der Waals surface area contributed by atoms with Gasteiger partial charge in [-0.1, -0.05) is 12.1 Å². The summed E-state index contributed by atoms with van der Waals surface area (Å²) in [6.07, 6.45) is 2.03. The third-order valence-electron chi connectivity index (χ3n) is 5.01. The number of rotatable bonds is 1. The van der Waals surface area contributed by atoms with Crippen molar-refractivity contribution in [2.24, 2.45) is 0 Å². The summed E-state index contributed by atoms with van der Waals surface area (Å²) in [6.45, 7) is 2.03. The molecule has 2 fully saturated rings. The molecule has 3 aliphatic rings. The molecule has 0 unspecified atom stereocenters. The average molecular weight is 328 g/mol. The molecule has 2 saturated heterocycles. The summed E-state index contributed by atoms with van der Waals surface area (Å²) < 4.78 is 0. The summed E-state index contributed by atoms with van der Waals surface area (Å²) in [7, 11) is 0. The van der Waals surface area contributed by atoms with E-state index in [1.807, 2.05) is 18.2 Å². The highest BCUT2D eigenvalue weighted by molar-refractivity contribution is 6.01. The van der Waals surface area contributed by atoms with Crippen LogP contribution in [0.2, 0.25) is 0 Å². The van der Waals surface area contributed by atoms with E-state index in [9.17, 15) is 14.4 Å². The quantitative estimate of drug-likeness (QED) is 0.750. The van der Waals surface area contributed by atoms with Crippen molar-refractivity contribution < 1.29 is 14.4 Å². The summed E-state index contributed by atoms with van der Waals surface area (Å²) in [5.74, 6) is -0.336. The fraction of sp³-hybridized carbons (Fsp3) is 0.471. The van der Waals surface area contributed by atoms with Crippen LogP contribution >= 0.6 is 0 Å². The van der Waals surface area contributed by atoms with Crippen LogP contribution in [0.3, 0.4) is 0 Å². The highest BCUT2D eigenvalue weighted by Gasteiger charge is 2.40. The second kappa shape index (κ2) is 5.81. The lowest BCUT2D eigenvalue weighted by atomic mass is 9.98. The van der Waals surface area contributed by atoms with Crippen LogP contribution in [0.15, 0.2) is 18.2 Å². The lowest BCUT2D eigenvalue weighted by Gasteiger charge is -2.43. The smallest absolute Gasteiger partial charge is 0.256 e. The van der Waals surface area contributed by atoms with Gasteiger partial charge in [-0.3, -0.25) is 14.4 Å². The van der Waals surface area contributed by atoms with Gasteiger partial charge in [-0.25, -0.2) is 0 Å². The van der Waals surface area contributed by atoms with Crippen molar-refractivity contribution in [3.8, 4) is 0 Å². The molecule has 7 nitrogen and oxygen atoms in total. The van der Waals surface area contributed by atoms with Gasteiger partial charge in [0, 0.05) is 19.6 Å². The first-order valence-electron chi connectivity index (χ1n) is 8.37. The molecule has 0 spiro atoms. The van der Waals surface area contributed by atoms with Crippen LogP contribution in [0.5, 0.6) is 0 Å². The summed E-state index contributed by atoms with van der Waals surface area (Å²) in [5.41, 5.74) is 2.74. The Kier molecular flexibility index (Phi) is 3.63. The fourth-order valence-corrected chi connectivity index (χ4v) is 3.73. The molecular weight excluding hydrogens is 308 g/mol. The van der Waals surface area contributed by atoms with Crippen molar-refractivity contribution in [3.63, 3.8) is 0 Å². The van der Waals surface area contributed by atoms with E-state index < -0.39 is 6.04 Å². The van der Waals surface area contributed by atoms with Gasteiger partial charge < -0.3 is 20.4 Å². The van der Waals surface area contributed by atoms with Crippen molar-refractivity contribution in [2.45, 2.75) is 18.9 Å². The molecule has 126 valence electrons. The van der Waals surface area contributed by atoms with Crippen molar-refractivity contribution in [1.29, 1.82) is 0 Å². The normalized spacial score (nSPS) is 23.1. The number of aryl methyl sites for hydroxylation is 1. The number of amides is 3. The maximum Gasteiger partial charge on any atom is 0.256 e. The van der Waals surface area contributed by atoms with Gasteiger partial charge in [0.25, 0.3) is 5.91 Å². The van der Waals surface area contributed by atoms with Gasteiger partial charge in [-0.15, -0.1) is 0 Å². The predicted molar refractivity (Wildman–Crippen MR) is 87.7 cm³/mol. The number of para-hydroxylation sites is 1. The average Bonchev–Trinajstić information content (AvgIpc) is 2.63. The highest BCUT2D eigenvalue weighted by atomic mass is 16.2. The number of hydrogen-bond donors (Lipinski definition) is 2. The number of anilines is 1. The molecular formula is C17H20N4O3. The number of nitrogens with one attached hydrogen (secondary N) is 2. The summed E-state index contributed by atoms with van der Waals surface area (Å²) in [5, 5.41) is 5.93. The zero-order valence-electron chi connectivity index (χ0n) is 13.4. The molecule has 0 radical (unpaired) electrons. The van der Waals surface area contributed by atoms with E-state index in [0.717, 1.165) is 30.6 Å². The largest absolute Gasteiger partial charge is 0.384 e. The van der Waals surface area contributed by atoms with E-state index in [4.69, 9.17) is 0 Å². The van der Waals surface area contributed by atoms with Crippen LogP contribution in [-0.4, -0.2) is 66.3 Å². The Bertz CT molecular complexity index is 718. The minimum Gasteiger partial charge on any atom is -0.384 e. The Morgan fingerprint density at radius 1 is 1.17 bits per heavy atom. The Labute approximate surface area is 140 Å². The molecule has 0 saturated carbocycles. The monoisotopic (exact) mass is 328 g/mol. The zero-order chi connectivity index (χ0) is 16.7. The van der Waals surface area contributed by atoms with Gasteiger partial charge in [0.15, 0.2) is 0 Å². The number of nitrogens with zero attached hydrogens (tertiary/aromatic N) is 2. The van der Waals surface area contributed by atoms with Gasteiger partial charge in [0.05, 0.1) is 24.3 Å². The first-order chi connectivity index (χ1) is 11.6.